The molecule has 2 amide bonds. The number of nitrogens with one attached hydrogen (secondary N) is 1. The molecule has 1 atom stereocenters. The molecular formula is C17H22N6O3. The SMILES string of the molecule is CN(C)c1ncn(-c2cccc(NC(=O)N3CCCC(C(=O)O)C3)c2)n1. The molecule has 1 fully saturated rings. The molecule has 0 saturated carbocycles. The fraction of sp³-hybridized carbons (Fsp3) is 0.412. The number of hydrogen-bond donors (Lipinski definition) is 2. The summed E-state index contributed by atoms with van der Waals surface area (Å²) in [4.78, 5) is 31.2. The van der Waals surface area contributed by atoms with Crippen LogP contribution in [-0.2, 0) is 4.79 Å². The van der Waals surface area contributed by atoms with Crippen molar-refractivity contribution in [2.24, 2.45) is 5.92 Å². The maximum atomic E-state index is 12.5. The molecule has 3 rings (SSSR count). The van der Waals surface area contributed by atoms with Gasteiger partial charge in [-0.15, -0.1) is 5.10 Å². The van der Waals surface area contributed by atoms with E-state index < -0.39 is 11.9 Å². The lowest BCUT2D eigenvalue weighted by Crippen LogP contribution is -2.44. The molecule has 0 radical (unpaired) electrons. The van der Waals surface area contributed by atoms with Crippen molar-refractivity contribution in [3.8, 4) is 5.69 Å². The minimum absolute atomic E-state index is 0.232. The van der Waals surface area contributed by atoms with E-state index in [4.69, 9.17) is 5.11 Å². The van der Waals surface area contributed by atoms with E-state index in [9.17, 15) is 9.59 Å². The Bertz CT molecular complexity index is 803. The van der Waals surface area contributed by atoms with Crippen LogP contribution in [0.1, 0.15) is 12.8 Å². The fourth-order valence-electron chi connectivity index (χ4n) is 2.88. The summed E-state index contributed by atoms with van der Waals surface area (Å²) in [5.41, 5.74) is 1.39. The van der Waals surface area contributed by atoms with E-state index in [2.05, 4.69) is 15.4 Å². The van der Waals surface area contributed by atoms with Gasteiger partial charge in [0.1, 0.15) is 6.33 Å². The quantitative estimate of drug-likeness (QED) is 0.861. The Hall–Kier alpha value is -3.10. The molecule has 1 unspecified atom stereocenters. The maximum Gasteiger partial charge on any atom is 0.321 e. The first-order valence-electron chi connectivity index (χ1n) is 8.42. The Morgan fingerprint density at radius 1 is 1.35 bits per heavy atom. The van der Waals surface area contributed by atoms with Crippen molar-refractivity contribution >= 4 is 23.6 Å². The molecule has 9 heteroatoms. The van der Waals surface area contributed by atoms with E-state index in [0.29, 0.717) is 31.0 Å². The number of amides is 2. The van der Waals surface area contributed by atoms with Crippen LogP contribution in [0.15, 0.2) is 30.6 Å². The van der Waals surface area contributed by atoms with Gasteiger partial charge < -0.3 is 20.2 Å². The van der Waals surface area contributed by atoms with Crippen LogP contribution in [0.2, 0.25) is 0 Å². The monoisotopic (exact) mass is 358 g/mol. The van der Waals surface area contributed by atoms with Gasteiger partial charge in [-0.2, -0.15) is 4.98 Å². The van der Waals surface area contributed by atoms with E-state index in [0.717, 1.165) is 5.69 Å². The minimum atomic E-state index is -0.854. The zero-order chi connectivity index (χ0) is 18.7. The Labute approximate surface area is 151 Å². The van der Waals surface area contributed by atoms with Gasteiger partial charge in [0, 0.05) is 32.9 Å². The summed E-state index contributed by atoms with van der Waals surface area (Å²) in [6.45, 7) is 0.792. The lowest BCUT2D eigenvalue weighted by atomic mass is 9.99. The number of anilines is 2. The van der Waals surface area contributed by atoms with Gasteiger partial charge in [-0.3, -0.25) is 4.79 Å². The standard InChI is InChI=1S/C17H22N6O3/c1-21(2)16-18-11-23(20-16)14-7-3-6-13(9-14)19-17(26)22-8-4-5-12(10-22)15(24)25/h3,6-7,9,11-12H,4-5,8,10H2,1-2H3,(H,19,26)(H,24,25). The van der Waals surface area contributed by atoms with Crippen molar-refractivity contribution in [2.75, 3.05) is 37.4 Å². The smallest absolute Gasteiger partial charge is 0.321 e. The first-order valence-corrected chi connectivity index (χ1v) is 8.42. The number of aliphatic carboxylic acids is 1. The number of carbonyl (C=O) groups excluding carboxylic acids is 1. The van der Waals surface area contributed by atoms with Crippen molar-refractivity contribution in [3.63, 3.8) is 0 Å². The number of carbonyl (C=O) groups is 2. The largest absolute Gasteiger partial charge is 0.481 e. The molecule has 1 aliphatic heterocycles. The normalized spacial score (nSPS) is 17.0. The fourth-order valence-corrected chi connectivity index (χ4v) is 2.88. The van der Waals surface area contributed by atoms with Gasteiger partial charge >= 0.3 is 12.0 Å². The summed E-state index contributed by atoms with van der Waals surface area (Å²) in [6.07, 6.45) is 2.91. The number of benzene rings is 1. The highest BCUT2D eigenvalue weighted by Crippen LogP contribution is 2.19. The van der Waals surface area contributed by atoms with Crippen molar-refractivity contribution in [3.05, 3.63) is 30.6 Å². The van der Waals surface area contributed by atoms with E-state index in [1.54, 1.807) is 32.9 Å². The van der Waals surface area contributed by atoms with Crippen LogP contribution in [0.5, 0.6) is 0 Å². The van der Waals surface area contributed by atoms with Crippen LogP contribution in [0, 0.1) is 5.92 Å². The summed E-state index contributed by atoms with van der Waals surface area (Å²) >= 11 is 0. The van der Waals surface area contributed by atoms with Gasteiger partial charge in [-0.05, 0) is 31.0 Å². The molecule has 1 aromatic heterocycles. The highest BCUT2D eigenvalue weighted by Gasteiger charge is 2.28. The summed E-state index contributed by atoms with van der Waals surface area (Å²) in [5.74, 6) is -0.764. The molecule has 2 aromatic rings. The highest BCUT2D eigenvalue weighted by atomic mass is 16.4. The number of carboxylic acids is 1. The van der Waals surface area contributed by atoms with E-state index in [1.165, 1.54) is 0 Å². The zero-order valence-electron chi connectivity index (χ0n) is 14.8. The third-order valence-corrected chi connectivity index (χ3v) is 4.30. The van der Waals surface area contributed by atoms with Gasteiger partial charge in [0.25, 0.3) is 0 Å². The Balaban J connectivity index is 1.70. The van der Waals surface area contributed by atoms with Gasteiger partial charge in [0.2, 0.25) is 5.95 Å². The van der Waals surface area contributed by atoms with Crippen molar-refractivity contribution in [1.82, 2.24) is 19.7 Å². The number of urea groups is 1. The molecule has 26 heavy (non-hydrogen) atoms. The van der Waals surface area contributed by atoms with Gasteiger partial charge in [-0.25, -0.2) is 9.48 Å². The molecule has 138 valence electrons. The van der Waals surface area contributed by atoms with Crippen molar-refractivity contribution in [2.45, 2.75) is 12.8 Å². The molecule has 1 aromatic carbocycles. The number of piperidine rings is 1. The molecule has 0 bridgehead atoms. The number of likely N-dealkylation sites (tertiary alicyclic amines) is 1. The second-order valence-corrected chi connectivity index (χ2v) is 6.49. The van der Waals surface area contributed by atoms with Crippen molar-refractivity contribution < 1.29 is 14.7 Å². The topological polar surface area (TPSA) is 104 Å². The van der Waals surface area contributed by atoms with E-state index in [1.807, 2.05) is 26.2 Å². The average Bonchev–Trinajstić information content (AvgIpc) is 3.12. The van der Waals surface area contributed by atoms with Crippen LogP contribution in [0.3, 0.4) is 0 Å². The van der Waals surface area contributed by atoms with Crippen LogP contribution in [0.25, 0.3) is 5.69 Å². The molecular weight excluding hydrogens is 336 g/mol. The van der Waals surface area contributed by atoms with E-state index >= 15 is 0 Å². The lowest BCUT2D eigenvalue weighted by molar-refractivity contribution is -0.143. The molecule has 1 aliphatic rings. The average molecular weight is 358 g/mol. The maximum absolute atomic E-state index is 12.5. The second kappa shape index (κ2) is 7.42. The highest BCUT2D eigenvalue weighted by molar-refractivity contribution is 5.90. The van der Waals surface area contributed by atoms with Crippen LogP contribution in [-0.4, -0.2) is 64.0 Å². The first kappa shape index (κ1) is 17.7. The van der Waals surface area contributed by atoms with Gasteiger partial charge in [-0.1, -0.05) is 6.07 Å². The van der Waals surface area contributed by atoms with Gasteiger partial charge in [0.15, 0.2) is 0 Å². The molecule has 0 spiro atoms. The Morgan fingerprint density at radius 3 is 2.85 bits per heavy atom. The third-order valence-electron chi connectivity index (χ3n) is 4.30. The summed E-state index contributed by atoms with van der Waals surface area (Å²) in [7, 11) is 3.72. The molecule has 9 nitrogen and oxygen atoms in total. The van der Waals surface area contributed by atoms with Crippen LogP contribution in [0.4, 0.5) is 16.4 Å². The summed E-state index contributed by atoms with van der Waals surface area (Å²) < 4.78 is 1.63. The Kier molecular flexibility index (Phi) is 5.06. The number of aromatic nitrogens is 3. The first-order chi connectivity index (χ1) is 12.4. The molecule has 1 saturated heterocycles. The van der Waals surface area contributed by atoms with Crippen molar-refractivity contribution in [1.29, 1.82) is 0 Å². The van der Waals surface area contributed by atoms with E-state index in [-0.39, 0.29) is 12.6 Å². The predicted molar refractivity (Wildman–Crippen MR) is 96.6 cm³/mol. The second-order valence-electron chi connectivity index (χ2n) is 6.49. The third kappa shape index (κ3) is 3.93. The molecule has 2 heterocycles. The molecule has 2 N–H and O–H groups in total. The predicted octanol–water partition coefficient (Wildman–Crippen LogP) is 1.66. The number of carboxylic acid groups (broad SMARTS) is 1. The summed E-state index contributed by atoms with van der Waals surface area (Å²) in [5, 5.41) is 16.3. The Morgan fingerprint density at radius 2 is 2.15 bits per heavy atom. The molecule has 0 aliphatic carbocycles. The zero-order valence-corrected chi connectivity index (χ0v) is 14.8. The van der Waals surface area contributed by atoms with Gasteiger partial charge in [0.05, 0.1) is 11.6 Å². The number of nitrogens with zero attached hydrogens (tertiary/aromatic N) is 5. The lowest BCUT2D eigenvalue weighted by Gasteiger charge is -2.30. The number of rotatable bonds is 4. The van der Waals surface area contributed by atoms with Crippen LogP contribution >= 0.6 is 0 Å². The minimum Gasteiger partial charge on any atom is -0.481 e. The number of hydrogen-bond acceptors (Lipinski definition) is 5. The van der Waals surface area contributed by atoms with Crippen LogP contribution < -0.4 is 10.2 Å². The summed E-state index contributed by atoms with van der Waals surface area (Å²) in [6, 6.07) is 6.97.